The summed E-state index contributed by atoms with van der Waals surface area (Å²) in [6.45, 7) is 2.53. The summed E-state index contributed by atoms with van der Waals surface area (Å²) in [4.78, 5) is 0. The zero-order valence-corrected chi connectivity index (χ0v) is 10.9. The molecule has 2 heterocycles. The van der Waals surface area contributed by atoms with Gasteiger partial charge >= 0.3 is 0 Å². The molecule has 1 fully saturated rings. The van der Waals surface area contributed by atoms with E-state index >= 15 is 0 Å². The number of rotatable bonds is 0. The van der Waals surface area contributed by atoms with Crippen molar-refractivity contribution in [3.8, 4) is 0 Å². The molecule has 2 N–H and O–H groups in total. The molecular weight excluding hydrogens is 259 g/mol. The van der Waals surface area contributed by atoms with Gasteiger partial charge < -0.3 is 15.4 Å². The van der Waals surface area contributed by atoms with Crippen molar-refractivity contribution >= 4 is 34.6 Å². The Bertz CT molecular complexity index is 444. The van der Waals surface area contributed by atoms with Gasteiger partial charge in [-0.25, -0.2) is 0 Å². The summed E-state index contributed by atoms with van der Waals surface area (Å²) in [5.41, 5.74) is 2.16. The topological polar surface area (TPSA) is 33.3 Å². The van der Waals surface area contributed by atoms with E-state index in [9.17, 15) is 0 Å². The number of anilines is 2. The first-order valence-electron chi connectivity index (χ1n) is 5.77. The van der Waals surface area contributed by atoms with Crippen molar-refractivity contribution in [1.29, 1.82) is 0 Å². The van der Waals surface area contributed by atoms with Crippen LogP contribution in [0.4, 0.5) is 11.4 Å². The van der Waals surface area contributed by atoms with Gasteiger partial charge in [-0.05, 0) is 25.0 Å². The van der Waals surface area contributed by atoms with Crippen molar-refractivity contribution in [2.45, 2.75) is 18.4 Å². The van der Waals surface area contributed by atoms with Crippen LogP contribution in [0.25, 0.3) is 0 Å². The minimum atomic E-state index is 0.0996. The molecule has 0 amide bonds. The highest BCUT2D eigenvalue weighted by atomic mass is 35.5. The summed E-state index contributed by atoms with van der Waals surface area (Å²) in [5.74, 6) is 0. The number of nitrogens with one attached hydrogen (secondary N) is 2. The van der Waals surface area contributed by atoms with Gasteiger partial charge in [0, 0.05) is 19.8 Å². The summed E-state index contributed by atoms with van der Waals surface area (Å²) >= 11 is 12.1. The van der Waals surface area contributed by atoms with E-state index in [1.165, 1.54) is 0 Å². The van der Waals surface area contributed by atoms with Crippen LogP contribution in [0.15, 0.2) is 12.1 Å². The molecule has 0 aliphatic carbocycles. The third-order valence-corrected chi connectivity index (χ3v) is 4.25. The molecule has 0 saturated carbocycles. The van der Waals surface area contributed by atoms with E-state index in [1.54, 1.807) is 0 Å². The van der Waals surface area contributed by atoms with Crippen LogP contribution in [0.2, 0.25) is 10.0 Å². The second-order valence-corrected chi connectivity index (χ2v) is 5.50. The van der Waals surface area contributed by atoms with E-state index in [-0.39, 0.29) is 5.54 Å². The Hall–Kier alpha value is -0.640. The molecule has 1 saturated heterocycles. The Kier molecular flexibility index (Phi) is 2.85. The Morgan fingerprint density at radius 2 is 1.71 bits per heavy atom. The van der Waals surface area contributed by atoms with Gasteiger partial charge in [0.05, 0.1) is 27.0 Å². The van der Waals surface area contributed by atoms with Crippen molar-refractivity contribution < 1.29 is 4.74 Å². The number of hydrogen-bond donors (Lipinski definition) is 2. The minimum absolute atomic E-state index is 0.0996. The minimum Gasteiger partial charge on any atom is -0.381 e. The SMILES string of the molecule is Clc1cc2c(cc1Cl)NC1(CCOCC1)CN2. The van der Waals surface area contributed by atoms with E-state index in [2.05, 4.69) is 10.6 Å². The molecular formula is C12H14Cl2N2O. The number of benzene rings is 1. The molecule has 1 aromatic rings. The molecule has 2 aliphatic rings. The molecule has 17 heavy (non-hydrogen) atoms. The monoisotopic (exact) mass is 272 g/mol. The predicted octanol–water partition coefficient (Wildman–Crippen LogP) is 3.38. The van der Waals surface area contributed by atoms with Gasteiger partial charge in [0.15, 0.2) is 0 Å². The van der Waals surface area contributed by atoms with E-state index in [4.69, 9.17) is 27.9 Å². The van der Waals surface area contributed by atoms with Crippen LogP contribution in [0.5, 0.6) is 0 Å². The Morgan fingerprint density at radius 3 is 2.41 bits per heavy atom. The van der Waals surface area contributed by atoms with Gasteiger partial charge in [-0.3, -0.25) is 0 Å². The van der Waals surface area contributed by atoms with Crippen LogP contribution in [0.3, 0.4) is 0 Å². The first-order chi connectivity index (χ1) is 8.19. The van der Waals surface area contributed by atoms with E-state index in [0.717, 1.165) is 44.0 Å². The largest absolute Gasteiger partial charge is 0.381 e. The lowest BCUT2D eigenvalue weighted by molar-refractivity contribution is 0.0635. The van der Waals surface area contributed by atoms with Crippen molar-refractivity contribution in [3.63, 3.8) is 0 Å². The van der Waals surface area contributed by atoms with Gasteiger partial charge in [0.1, 0.15) is 0 Å². The highest BCUT2D eigenvalue weighted by Gasteiger charge is 2.35. The van der Waals surface area contributed by atoms with Crippen molar-refractivity contribution in [3.05, 3.63) is 22.2 Å². The fraction of sp³-hybridized carbons (Fsp3) is 0.500. The van der Waals surface area contributed by atoms with Crippen molar-refractivity contribution in [2.75, 3.05) is 30.4 Å². The van der Waals surface area contributed by atoms with Crippen LogP contribution in [0.1, 0.15) is 12.8 Å². The number of fused-ring (bicyclic) bond motifs is 1. The summed E-state index contributed by atoms with van der Waals surface area (Å²) in [6.07, 6.45) is 2.03. The van der Waals surface area contributed by atoms with Crippen molar-refractivity contribution in [1.82, 2.24) is 0 Å². The fourth-order valence-electron chi connectivity index (χ4n) is 2.45. The molecule has 5 heteroatoms. The average molecular weight is 273 g/mol. The lowest BCUT2D eigenvalue weighted by Crippen LogP contribution is -2.51. The molecule has 0 bridgehead atoms. The molecule has 0 aromatic heterocycles. The smallest absolute Gasteiger partial charge is 0.0614 e. The molecule has 1 spiro atoms. The molecule has 3 nitrogen and oxygen atoms in total. The Labute approximate surface area is 110 Å². The van der Waals surface area contributed by atoms with Crippen molar-refractivity contribution in [2.24, 2.45) is 0 Å². The predicted molar refractivity (Wildman–Crippen MR) is 71.4 cm³/mol. The lowest BCUT2D eigenvalue weighted by atomic mass is 9.87. The van der Waals surface area contributed by atoms with E-state index < -0.39 is 0 Å². The highest BCUT2D eigenvalue weighted by Crippen LogP contribution is 2.39. The standard InChI is InChI=1S/C12H14Cl2N2O/c13-8-5-10-11(6-9(8)14)16-12(7-15-10)1-3-17-4-2-12/h5-6,15-16H,1-4,7H2. The zero-order valence-electron chi connectivity index (χ0n) is 9.35. The van der Waals surface area contributed by atoms with Crippen LogP contribution in [-0.4, -0.2) is 25.3 Å². The molecule has 3 rings (SSSR count). The molecule has 0 atom stereocenters. The number of hydrogen-bond acceptors (Lipinski definition) is 3. The molecule has 0 unspecified atom stereocenters. The first kappa shape index (κ1) is 11.5. The van der Waals surface area contributed by atoms with Crippen LogP contribution in [0, 0.1) is 0 Å². The number of halogens is 2. The van der Waals surface area contributed by atoms with Gasteiger partial charge in [-0.1, -0.05) is 23.2 Å². The third kappa shape index (κ3) is 2.07. The Balaban J connectivity index is 1.91. The normalized spacial score (nSPS) is 21.5. The van der Waals surface area contributed by atoms with E-state index in [0.29, 0.717) is 10.0 Å². The maximum Gasteiger partial charge on any atom is 0.0614 e. The second kappa shape index (κ2) is 4.23. The third-order valence-electron chi connectivity index (χ3n) is 3.53. The summed E-state index contributed by atoms with van der Waals surface area (Å²) < 4.78 is 5.41. The zero-order chi connectivity index (χ0) is 11.9. The maximum atomic E-state index is 6.05. The molecule has 2 aliphatic heterocycles. The molecule has 92 valence electrons. The first-order valence-corrected chi connectivity index (χ1v) is 6.53. The summed E-state index contributed by atoms with van der Waals surface area (Å²) in [6, 6.07) is 3.76. The van der Waals surface area contributed by atoms with Gasteiger partial charge in [-0.15, -0.1) is 0 Å². The van der Waals surface area contributed by atoms with Crippen LogP contribution in [-0.2, 0) is 4.74 Å². The van der Waals surface area contributed by atoms with Gasteiger partial charge in [-0.2, -0.15) is 0 Å². The quantitative estimate of drug-likeness (QED) is 0.760. The Morgan fingerprint density at radius 1 is 1.06 bits per heavy atom. The van der Waals surface area contributed by atoms with Crippen LogP contribution >= 0.6 is 23.2 Å². The van der Waals surface area contributed by atoms with Gasteiger partial charge in [0.2, 0.25) is 0 Å². The molecule has 1 aromatic carbocycles. The fourth-order valence-corrected chi connectivity index (χ4v) is 2.78. The summed E-state index contributed by atoms with van der Waals surface area (Å²) in [7, 11) is 0. The van der Waals surface area contributed by atoms with Gasteiger partial charge in [0.25, 0.3) is 0 Å². The maximum absolute atomic E-state index is 6.05. The highest BCUT2D eigenvalue weighted by molar-refractivity contribution is 6.42. The second-order valence-electron chi connectivity index (χ2n) is 4.68. The average Bonchev–Trinajstić information content (AvgIpc) is 2.33. The number of ether oxygens (including phenoxy) is 1. The lowest BCUT2D eigenvalue weighted by Gasteiger charge is -2.43. The van der Waals surface area contributed by atoms with Crippen LogP contribution < -0.4 is 10.6 Å². The summed E-state index contributed by atoms with van der Waals surface area (Å²) in [5, 5.41) is 8.20. The molecule has 0 radical (unpaired) electrons. The van der Waals surface area contributed by atoms with E-state index in [1.807, 2.05) is 12.1 Å².